The van der Waals surface area contributed by atoms with Crippen molar-refractivity contribution in [3.63, 3.8) is 0 Å². The van der Waals surface area contributed by atoms with Crippen LogP contribution in [0, 0.1) is 5.92 Å². The van der Waals surface area contributed by atoms with Crippen molar-refractivity contribution in [2.45, 2.75) is 32.7 Å². The minimum Gasteiger partial charge on any atom is -0.497 e. The highest BCUT2D eigenvalue weighted by atomic mass is 16.5. The second kappa shape index (κ2) is 8.86. The first kappa shape index (κ1) is 18.5. The number of piperidine rings is 1. The van der Waals surface area contributed by atoms with Crippen LogP contribution < -0.4 is 10.1 Å². The summed E-state index contributed by atoms with van der Waals surface area (Å²) < 4.78 is 5.20. The minimum atomic E-state index is -0.0177. The van der Waals surface area contributed by atoms with Gasteiger partial charge in [0.2, 0.25) is 5.91 Å². The van der Waals surface area contributed by atoms with Gasteiger partial charge in [-0.2, -0.15) is 0 Å². The zero-order chi connectivity index (χ0) is 18.4. The smallest absolute Gasteiger partial charge is 0.228 e. The first-order chi connectivity index (χ1) is 12.6. The fourth-order valence-electron chi connectivity index (χ4n) is 3.55. The average Bonchev–Trinajstić information content (AvgIpc) is 2.63. The van der Waals surface area contributed by atoms with Crippen molar-refractivity contribution >= 4 is 11.6 Å². The minimum absolute atomic E-state index is 0.0177. The van der Waals surface area contributed by atoms with Crippen molar-refractivity contribution in [2.24, 2.45) is 5.92 Å². The van der Waals surface area contributed by atoms with Gasteiger partial charge in [-0.05, 0) is 60.7 Å². The molecular weight excluding hydrogens is 324 g/mol. The monoisotopic (exact) mass is 352 g/mol. The molecule has 0 spiro atoms. The van der Waals surface area contributed by atoms with Gasteiger partial charge in [0.15, 0.2) is 0 Å². The van der Waals surface area contributed by atoms with Crippen molar-refractivity contribution in [3.05, 3.63) is 59.7 Å². The summed E-state index contributed by atoms with van der Waals surface area (Å²) in [5.41, 5.74) is 3.08. The van der Waals surface area contributed by atoms with Crippen LogP contribution in [0.25, 0.3) is 0 Å². The van der Waals surface area contributed by atoms with Crippen molar-refractivity contribution in [1.82, 2.24) is 4.90 Å². The lowest BCUT2D eigenvalue weighted by molar-refractivity contribution is -0.115. The first-order valence-electron chi connectivity index (χ1n) is 9.36. The number of ether oxygens (including phenoxy) is 1. The van der Waals surface area contributed by atoms with Gasteiger partial charge in [0.1, 0.15) is 5.75 Å². The Kier molecular flexibility index (Phi) is 6.29. The van der Waals surface area contributed by atoms with Crippen LogP contribution in [-0.2, 0) is 17.8 Å². The van der Waals surface area contributed by atoms with Crippen LogP contribution in [-0.4, -0.2) is 31.0 Å². The van der Waals surface area contributed by atoms with Crippen LogP contribution in [0.3, 0.4) is 0 Å². The van der Waals surface area contributed by atoms with E-state index in [1.165, 1.54) is 31.5 Å². The molecule has 4 nitrogen and oxygen atoms in total. The van der Waals surface area contributed by atoms with Crippen molar-refractivity contribution in [3.8, 4) is 5.75 Å². The molecule has 0 bridgehead atoms. The molecule has 1 saturated heterocycles. The van der Waals surface area contributed by atoms with E-state index in [9.17, 15) is 4.79 Å². The molecule has 1 fully saturated rings. The summed E-state index contributed by atoms with van der Waals surface area (Å²) in [5.74, 6) is 1.54. The Hall–Kier alpha value is -2.33. The molecule has 1 N–H and O–H groups in total. The quantitative estimate of drug-likeness (QED) is 0.851. The molecule has 0 saturated carbocycles. The van der Waals surface area contributed by atoms with Crippen LogP contribution >= 0.6 is 0 Å². The number of hydrogen-bond donors (Lipinski definition) is 1. The number of nitrogens with zero attached hydrogens (tertiary/aromatic N) is 1. The van der Waals surface area contributed by atoms with E-state index in [2.05, 4.69) is 29.3 Å². The first-order valence-corrected chi connectivity index (χ1v) is 9.36. The molecular formula is C22H28N2O2. The van der Waals surface area contributed by atoms with E-state index in [4.69, 9.17) is 4.74 Å². The molecule has 0 aromatic heterocycles. The van der Waals surface area contributed by atoms with Crippen LogP contribution in [0.15, 0.2) is 48.5 Å². The zero-order valence-electron chi connectivity index (χ0n) is 15.7. The molecule has 1 amide bonds. The maximum absolute atomic E-state index is 12.3. The van der Waals surface area contributed by atoms with Crippen molar-refractivity contribution in [1.29, 1.82) is 0 Å². The van der Waals surface area contributed by atoms with Gasteiger partial charge < -0.3 is 10.1 Å². The molecule has 2 aromatic rings. The lowest BCUT2D eigenvalue weighted by Gasteiger charge is -2.30. The fraction of sp³-hybridized carbons (Fsp3) is 0.409. The van der Waals surface area contributed by atoms with Gasteiger partial charge in [-0.15, -0.1) is 0 Å². The molecule has 0 unspecified atom stereocenters. The highest BCUT2D eigenvalue weighted by Gasteiger charge is 2.16. The van der Waals surface area contributed by atoms with Gasteiger partial charge in [-0.3, -0.25) is 9.69 Å². The molecule has 0 aliphatic carbocycles. The molecule has 0 radical (unpaired) electrons. The number of nitrogens with one attached hydrogen (secondary N) is 1. The van der Waals surface area contributed by atoms with Gasteiger partial charge in [0.25, 0.3) is 0 Å². The van der Waals surface area contributed by atoms with E-state index in [-0.39, 0.29) is 5.91 Å². The molecule has 1 heterocycles. The van der Waals surface area contributed by atoms with Crippen LogP contribution in [0.5, 0.6) is 5.75 Å². The highest BCUT2D eigenvalue weighted by molar-refractivity contribution is 5.92. The second-order valence-electron chi connectivity index (χ2n) is 7.26. The van der Waals surface area contributed by atoms with E-state index >= 15 is 0 Å². The number of rotatable bonds is 6. The number of amides is 1. The second-order valence-corrected chi connectivity index (χ2v) is 7.26. The number of benzene rings is 2. The third-order valence-corrected chi connectivity index (χ3v) is 4.88. The Morgan fingerprint density at radius 2 is 2.00 bits per heavy atom. The Morgan fingerprint density at radius 3 is 2.73 bits per heavy atom. The number of carbonyl (C=O) groups excluding carboxylic acids is 1. The molecule has 1 atom stereocenters. The van der Waals surface area contributed by atoms with Gasteiger partial charge in [0, 0.05) is 18.8 Å². The summed E-state index contributed by atoms with van der Waals surface area (Å²) in [7, 11) is 1.63. The maximum atomic E-state index is 12.3. The van der Waals surface area contributed by atoms with Gasteiger partial charge >= 0.3 is 0 Å². The summed E-state index contributed by atoms with van der Waals surface area (Å²) in [6, 6.07) is 15.8. The largest absolute Gasteiger partial charge is 0.497 e. The van der Waals surface area contributed by atoms with E-state index in [0.29, 0.717) is 6.42 Å². The summed E-state index contributed by atoms with van der Waals surface area (Å²) in [6.45, 7) is 5.68. The van der Waals surface area contributed by atoms with Gasteiger partial charge in [0.05, 0.1) is 13.5 Å². The number of hydrogen-bond acceptors (Lipinski definition) is 3. The standard InChI is InChI=1S/C22H28N2O2/c1-17-5-4-12-24(15-17)16-18-8-10-20(11-9-18)23-22(25)14-19-6-3-7-21(13-19)26-2/h3,6-11,13,17H,4-5,12,14-16H2,1-2H3,(H,23,25)/t17-/m0/s1. The van der Waals surface area contributed by atoms with Crippen molar-refractivity contribution in [2.75, 3.05) is 25.5 Å². The predicted octanol–water partition coefficient (Wildman–Crippen LogP) is 4.11. The van der Waals surface area contributed by atoms with E-state index in [0.717, 1.165) is 29.5 Å². The summed E-state index contributed by atoms with van der Waals surface area (Å²) in [4.78, 5) is 14.8. The molecule has 1 aliphatic heterocycles. The van der Waals surface area contributed by atoms with Gasteiger partial charge in [-0.1, -0.05) is 31.2 Å². The summed E-state index contributed by atoms with van der Waals surface area (Å²) in [5, 5.41) is 2.97. The maximum Gasteiger partial charge on any atom is 0.228 e. The van der Waals surface area contributed by atoms with E-state index in [1.54, 1.807) is 7.11 Å². The molecule has 26 heavy (non-hydrogen) atoms. The average molecular weight is 352 g/mol. The molecule has 138 valence electrons. The third-order valence-electron chi connectivity index (χ3n) is 4.88. The third kappa shape index (κ3) is 5.33. The Labute approximate surface area is 156 Å². The van der Waals surface area contributed by atoms with E-state index < -0.39 is 0 Å². The number of carbonyl (C=O) groups is 1. The lowest BCUT2D eigenvalue weighted by atomic mass is 10.00. The number of methoxy groups -OCH3 is 1. The van der Waals surface area contributed by atoms with Crippen LogP contribution in [0.2, 0.25) is 0 Å². The topological polar surface area (TPSA) is 41.6 Å². The summed E-state index contributed by atoms with van der Waals surface area (Å²) in [6.07, 6.45) is 2.97. The van der Waals surface area contributed by atoms with Crippen LogP contribution in [0.1, 0.15) is 30.9 Å². The Bertz CT molecular complexity index is 727. The SMILES string of the molecule is COc1cccc(CC(=O)Nc2ccc(CN3CCC[C@H](C)C3)cc2)c1. The van der Waals surface area contributed by atoms with Crippen LogP contribution in [0.4, 0.5) is 5.69 Å². The predicted molar refractivity (Wildman–Crippen MR) is 105 cm³/mol. The Morgan fingerprint density at radius 1 is 1.19 bits per heavy atom. The normalized spacial score (nSPS) is 17.7. The molecule has 2 aromatic carbocycles. The highest BCUT2D eigenvalue weighted by Crippen LogP contribution is 2.19. The van der Waals surface area contributed by atoms with Crippen molar-refractivity contribution < 1.29 is 9.53 Å². The molecule has 1 aliphatic rings. The number of anilines is 1. The lowest BCUT2D eigenvalue weighted by Crippen LogP contribution is -2.33. The zero-order valence-corrected chi connectivity index (χ0v) is 15.7. The number of likely N-dealkylation sites (tertiary alicyclic amines) is 1. The van der Waals surface area contributed by atoms with Gasteiger partial charge in [-0.25, -0.2) is 0 Å². The van der Waals surface area contributed by atoms with E-state index in [1.807, 2.05) is 36.4 Å². The molecule has 4 heteroatoms. The molecule has 3 rings (SSSR count). The summed E-state index contributed by atoms with van der Waals surface area (Å²) >= 11 is 0. The fourth-order valence-corrected chi connectivity index (χ4v) is 3.55. The Balaban J connectivity index is 1.52.